The van der Waals surface area contributed by atoms with Gasteiger partial charge in [-0.25, -0.2) is 4.98 Å². The molecule has 0 radical (unpaired) electrons. The van der Waals surface area contributed by atoms with Gasteiger partial charge in [-0.1, -0.05) is 11.6 Å². The van der Waals surface area contributed by atoms with Crippen molar-refractivity contribution in [3.8, 4) is 0 Å². The number of aliphatic hydroxyl groups excluding tert-OH is 1. The number of nitrogens with zero attached hydrogens (tertiary/aromatic N) is 3. The fourth-order valence-corrected chi connectivity index (χ4v) is 2.90. The molecule has 2 aromatic rings. The number of thiazole rings is 1. The van der Waals surface area contributed by atoms with Crippen LogP contribution in [0, 0.1) is 6.92 Å². The Kier molecular flexibility index (Phi) is 4.04. The lowest BCUT2D eigenvalue weighted by atomic mass is 10.2. The number of aromatic nitrogens is 3. The van der Waals surface area contributed by atoms with Gasteiger partial charge < -0.3 is 5.11 Å². The zero-order chi connectivity index (χ0) is 13.3. The summed E-state index contributed by atoms with van der Waals surface area (Å²) in [6.07, 6.45) is 1.37. The molecule has 4 nitrogen and oxygen atoms in total. The Bertz CT molecular complexity index is 535. The van der Waals surface area contributed by atoms with Crippen LogP contribution in [0.1, 0.15) is 42.4 Å². The van der Waals surface area contributed by atoms with Crippen molar-refractivity contribution in [1.29, 1.82) is 0 Å². The van der Waals surface area contributed by atoms with E-state index in [0.29, 0.717) is 17.1 Å². The van der Waals surface area contributed by atoms with Crippen LogP contribution in [-0.2, 0) is 6.42 Å². The van der Waals surface area contributed by atoms with Gasteiger partial charge in [0.2, 0.25) is 0 Å². The lowest BCUT2D eigenvalue weighted by molar-refractivity contribution is 0.164. The van der Waals surface area contributed by atoms with Gasteiger partial charge in [0.15, 0.2) is 0 Å². The SMILES string of the molecule is Cc1csc(CC(O)c2c(Cl)cnn2C(C)C)n1. The fourth-order valence-electron chi connectivity index (χ4n) is 1.83. The molecule has 1 unspecified atom stereocenters. The quantitative estimate of drug-likeness (QED) is 0.939. The molecule has 2 heterocycles. The molecule has 6 heteroatoms. The highest BCUT2D eigenvalue weighted by atomic mass is 35.5. The Morgan fingerprint density at radius 3 is 2.78 bits per heavy atom. The summed E-state index contributed by atoms with van der Waals surface area (Å²) in [4.78, 5) is 4.35. The summed E-state index contributed by atoms with van der Waals surface area (Å²) in [6.45, 7) is 5.96. The van der Waals surface area contributed by atoms with Crippen LogP contribution in [-0.4, -0.2) is 19.9 Å². The highest BCUT2D eigenvalue weighted by Crippen LogP contribution is 2.28. The average Bonchev–Trinajstić information content (AvgIpc) is 2.85. The zero-order valence-electron chi connectivity index (χ0n) is 10.6. The second-order valence-electron chi connectivity index (χ2n) is 4.52. The minimum atomic E-state index is -0.673. The zero-order valence-corrected chi connectivity index (χ0v) is 12.2. The Morgan fingerprint density at radius 2 is 2.22 bits per heavy atom. The maximum Gasteiger partial charge on any atom is 0.103 e. The highest BCUT2D eigenvalue weighted by molar-refractivity contribution is 7.09. The van der Waals surface area contributed by atoms with Crippen molar-refractivity contribution in [3.05, 3.63) is 33.0 Å². The molecule has 2 rings (SSSR count). The van der Waals surface area contributed by atoms with E-state index in [-0.39, 0.29) is 6.04 Å². The van der Waals surface area contributed by atoms with Gasteiger partial charge in [0.05, 0.1) is 21.9 Å². The molecule has 1 N–H and O–H groups in total. The molecule has 0 aliphatic heterocycles. The van der Waals surface area contributed by atoms with Crippen LogP contribution in [0.4, 0.5) is 0 Å². The summed E-state index contributed by atoms with van der Waals surface area (Å²) in [7, 11) is 0. The topological polar surface area (TPSA) is 50.9 Å². The third kappa shape index (κ3) is 2.74. The number of aryl methyl sites for hydroxylation is 1. The van der Waals surface area contributed by atoms with E-state index in [1.807, 2.05) is 26.2 Å². The second-order valence-corrected chi connectivity index (χ2v) is 5.87. The molecule has 98 valence electrons. The molecule has 18 heavy (non-hydrogen) atoms. The van der Waals surface area contributed by atoms with Crippen molar-refractivity contribution in [2.24, 2.45) is 0 Å². The molecule has 0 aliphatic carbocycles. The molecule has 1 atom stereocenters. The largest absolute Gasteiger partial charge is 0.386 e. The first-order valence-electron chi connectivity index (χ1n) is 5.81. The third-order valence-electron chi connectivity index (χ3n) is 2.63. The van der Waals surface area contributed by atoms with Gasteiger partial charge in [0.1, 0.15) is 6.10 Å². The predicted octanol–water partition coefficient (Wildman–Crippen LogP) is 3.16. The van der Waals surface area contributed by atoms with E-state index in [9.17, 15) is 5.11 Å². The van der Waals surface area contributed by atoms with Crippen molar-refractivity contribution in [2.45, 2.75) is 39.3 Å². The Labute approximate surface area is 115 Å². The lowest BCUT2D eigenvalue weighted by Gasteiger charge is -2.15. The average molecular weight is 286 g/mol. The number of aliphatic hydroxyl groups is 1. The van der Waals surface area contributed by atoms with Gasteiger partial charge in [-0.05, 0) is 20.8 Å². The lowest BCUT2D eigenvalue weighted by Crippen LogP contribution is -2.13. The summed E-state index contributed by atoms with van der Waals surface area (Å²) < 4.78 is 1.76. The van der Waals surface area contributed by atoms with Crippen LogP contribution in [0.25, 0.3) is 0 Å². The number of halogens is 1. The van der Waals surface area contributed by atoms with Crippen LogP contribution >= 0.6 is 22.9 Å². The first-order chi connectivity index (χ1) is 8.49. The van der Waals surface area contributed by atoms with Crippen molar-refractivity contribution in [1.82, 2.24) is 14.8 Å². The maximum absolute atomic E-state index is 10.3. The van der Waals surface area contributed by atoms with Crippen molar-refractivity contribution in [2.75, 3.05) is 0 Å². The van der Waals surface area contributed by atoms with Crippen LogP contribution in [0.2, 0.25) is 5.02 Å². The van der Waals surface area contributed by atoms with Crippen LogP contribution in [0.15, 0.2) is 11.6 Å². The number of rotatable bonds is 4. The number of hydrogen-bond donors (Lipinski definition) is 1. The Morgan fingerprint density at radius 1 is 1.50 bits per heavy atom. The van der Waals surface area contributed by atoms with Crippen LogP contribution < -0.4 is 0 Å². The van der Waals surface area contributed by atoms with Gasteiger partial charge >= 0.3 is 0 Å². The summed E-state index contributed by atoms with van der Waals surface area (Å²) in [6, 6.07) is 0.167. The molecule has 0 aromatic carbocycles. The van der Waals surface area contributed by atoms with E-state index in [2.05, 4.69) is 10.1 Å². The van der Waals surface area contributed by atoms with Gasteiger partial charge in [0.25, 0.3) is 0 Å². The maximum atomic E-state index is 10.3. The first kappa shape index (κ1) is 13.5. The van der Waals surface area contributed by atoms with Gasteiger partial charge in [0, 0.05) is 23.5 Å². The first-order valence-corrected chi connectivity index (χ1v) is 7.06. The third-order valence-corrected chi connectivity index (χ3v) is 3.91. The van der Waals surface area contributed by atoms with Crippen molar-refractivity contribution in [3.63, 3.8) is 0 Å². The molecule has 2 aromatic heterocycles. The van der Waals surface area contributed by atoms with Gasteiger partial charge in [-0.3, -0.25) is 4.68 Å². The molecular formula is C12H16ClN3OS. The minimum Gasteiger partial charge on any atom is -0.386 e. The molecule has 0 amide bonds. The van der Waals surface area contributed by atoms with Crippen LogP contribution in [0.3, 0.4) is 0 Å². The standard InChI is InChI=1S/C12H16ClN3OS/c1-7(2)16-12(9(13)5-14-16)10(17)4-11-15-8(3)6-18-11/h5-7,10,17H,4H2,1-3H3. The molecule has 0 saturated heterocycles. The Balaban J connectivity index is 2.23. The fraction of sp³-hybridized carbons (Fsp3) is 0.500. The van der Waals surface area contributed by atoms with E-state index in [4.69, 9.17) is 11.6 Å². The predicted molar refractivity (Wildman–Crippen MR) is 73.1 cm³/mol. The molecule has 0 bridgehead atoms. The molecule has 0 aliphatic rings. The molecule has 0 saturated carbocycles. The summed E-state index contributed by atoms with van der Waals surface area (Å²) in [5.74, 6) is 0. The summed E-state index contributed by atoms with van der Waals surface area (Å²) >= 11 is 7.65. The van der Waals surface area contributed by atoms with E-state index in [0.717, 1.165) is 10.7 Å². The van der Waals surface area contributed by atoms with E-state index in [1.165, 1.54) is 0 Å². The van der Waals surface area contributed by atoms with E-state index < -0.39 is 6.10 Å². The highest BCUT2D eigenvalue weighted by Gasteiger charge is 2.21. The summed E-state index contributed by atoms with van der Waals surface area (Å²) in [5.41, 5.74) is 1.64. The van der Waals surface area contributed by atoms with Crippen molar-refractivity contribution >= 4 is 22.9 Å². The van der Waals surface area contributed by atoms with Gasteiger partial charge in [-0.15, -0.1) is 11.3 Å². The van der Waals surface area contributed by atoms with E-state index >= 15 is 0 Å². The second kappa shape index (κ2) is 5.38. The normalized spacial score (nSPS) is 13.2. The van der Waals surface area contributed by atoms with E-state index in [1.54, 1.807) is 22.2 Å². The summed E-state index contributed by atoms with van der Waals surface area (Å²) in [5, 5.41) is 17.9. The van der Waals surface area contributed by atoms with Crippen LogP contribution in [0.5, 0.6) is 0 Å². The molecular weight excluding hydrogens is 270 g/mol. The molecule has 0 fully saturated rings. The Hall–Kier alpha value is -0.910. The smallest absolute Gasteiger partial charge is 0.103 e. The number of hydrogen-bond acceptors (Lipinski definition) is 4. The molecule has 0 spiro atoms. The van der Waals surface area contributed by atoms with Crippen molar-refractivity contribution < 1.29 is 5.11 Å². The minimum absolute atomic E-state index is 0.167. The monoisotopic (exact) mass is 285 g/mol. The van der Waals surface area contributed by atoms with Gasteiger partial charge in [-0.2, -0.15) is 5.10 Å².